The lowest BCUT2D eigenvalue weighted by molar-refractivity contribution is -0.134. The SMILES string of the molecule is CN(C(=O)CCC(=O)N1CCN(C(=O)OC(C)(C)C)CC1)c1ccc2nccc(C(=O)NCC(=O)N3CC(F)(F)C[C@H]3C#N)c2c1. The van der Waals surface area contributed by atoms with Crippen molar-refractivity contribution in [2.45, 2.75) is 57.6 Å². The minimum absolute atomic E-state index is 0.0258. The fraction of sp³-hybridized carbons (Fsp3) is 0.516. The van der Waals surface area contributed by atoms with E-state index < -0.39 is 55.0 Å². The van der Waals surface area contributed by atoms with Gasteiger partial charge in [0.15, 0.2) is 0 Å². The number of ether oxygens (including phenoxy) is 1. The molecule has 0 radical (unpaired) electrons. The van der Waals surface area contributed by atoms with E-state index in [9.17, 15) is 32.8 Å². The first-order chi connectivity index (χ1) is 21.6. The number of alkyl halides is 2. The van der Waals surface area contributed by atoms with Gasteiger partial charge in [0.2, 0.25) is 17.7 Å². The summed E-state index contributed by atoms with van der Waals surface area (Å²) in [5.74, 6) is -5.19. The summed E-state index contributed by atoms with van der Waals surface area (Å²) >= 11 is 0. The largest absolute Gasteiger partial charge is 0.444 e. The number of nitrogens with one attached hydrogen (secondary N) is 1. The average Bonchev–Trinajstić information content (AvgIpc) is 3.34. The number of fused-ring (bicyclic) bond motifs is 1. The standard InChI is InChI=1S/C31H37F2N7O6/c1-30(2,3)46-29(45)39-13-11-38(12-14-39)26(42)8-7-25(41)37(4)20-5-6-24-23(15-20)22(9-10-35-24)28(44)36-18-27(43)40-19-31(32,33)16-21(40)17-34/h5-6,9-10,15,21H,7-8,11-14,16,18-19H2,1-4H3,(H,36,44)/t21-/m0/s1. The van der Waals surface area contributed by atoms with Crippen LogP contribution in [0.15, 0.2) is 30.5 Å². The highest BCUT2D eigenvalue weighted by Gasteiger charge is 2.47. The number of nitriles is 1. The topological polar surface area (TPSA) is 156 Å². The summed E-state index contributed by atoms with van der Waals surface area (Å²) in [6.45, 7) is 5.20. The van der Waals surface area contributed by atoms with Gasteiger partial charge in [-0.25, -0.2) is 13.6 Å². The zero-order valence-electron chi connectivity index (χ0n) is 26.2. The van der Waals surface area contributed by atoms with Crippen LogP contribution in [0, 0.1) is 11.3 Å². The lowest BCUT2D eigenvalue weighted by atomic mass is 10.1. The Kier molecular flexibility index (Phi) is 10.1. The maximum absolute atomic E-state index is 13.7. The summed E-state index contributed by atoms with van der Waals surface area (Å²) in [6.07, 6.45) is 0.121. The van der Waals surface area contributed by atoms with E-state index in [0.29, 0.717) is 42.8 Å². The molecule has 0 unspecified atom stereocenters. The van der Waals surface area contributed by atoms with Gasteiger partial charge < -0.3 is 29.7 Å². The number of anilines is 1. The van der Waals surface area contributed by atoms with Gasteiger partial charge in [0.25, 0.3) is 11.8 Å². The third-order valence-electron chi connectivity index (χ3n) is 7.71. The van der Waals surface area contributed by atoms with E-state index in [1.165, 1.54) is 17.2 Å². The van der Waals surface area contributed by atoms with Gasteiger partial charge in [-0.2, -0.15) is 5.26 Å². The van der Waals surface area contributed by atoms with E-state index in [0.717, 1.165) is 4.90 Å². The molecule has 0 aliphatic carbocycles. The Morgan fingerprint density at radius 2 is 1.74 bits per heavy atom. The van der Waals surface area contributed by atoms with Gasteiger partial charge >= 0.3 is 6.09 Å². The number of likely N-dealkylation sites (tertiary alicyclic amines) is 1. The molecule has 246 valence electrons. The second kappa shape index (κ2) is 13.6. The van der Waals surface area contributed by atoms with Crippen molar-refractivity contribution in [3.8, 4) is 6.07 Å². The van der Waals surface area contributed by atoms with Crippen LogP contribution in [0.4, 0.5) is 19.3 Å². The molecule has 0 saturated carbocycles. The number of carbonyl (C=O) groups is 5. The Morgan fingerprint density at radius 3 is 2.39 bits per heavy atom. The maximum atomic E-state index is 13.7. The second-order valence-electron chi connectivity index (χ2n) is 12.3. The smallest absolute Gasteiger partial charge is 0.410 e. The van der Waals surface area contributed by atoms with Gasteiger partial charge in [-0.1, -0.05) is 0 Å². The molecular weight excluding hydrogens is 604 g/mol. The van der Waals surface area contributed by atoms with Crippen molar-refractivity contribution in [3.63, 3.8) is 0 Å². The molecule has 13 nitrogen and oxygen atoms in total. The third kappa shape index (κ3) is 8.23. The van der Waals surface area contributed by atoms with Crippen molar-refractivity contribution in [3.05, 3.63) is 36.0 Å². The highest BCUT2D eigenvalue weighted by molar-refractivity contribution is 6.08. The molecule has 1 aromatic carbocycles. The number of piperazine rings is 1. The fourth-order valence-electron chi connectivity index (χ4n) is 5.24. The quantitative estimate of drug-likeness (QED) is 0.484. The van der Waals surface area contributed by atoms with E-state index in [2.05, 4.69) is 10.3 Å². The van der Waals surface area contributed by atoms with Gasteiger partial charge in [-0.3, -0.25) is 24.2 Å². The van der Waals surface area contributed by atoms with Crippen molar-refractivity contribution < 1.29 is 37.5 Å². The molecular formula is C31H37F2N7O6. The molecule has 0 spiro atoms. The van der Waals surface area contributed by atoms with Gasteiger partial charge in [-0.15, -0.1) is 0 Å². The Labute approximate surface area is 265 Å². The predicted molar refractivity (Wildman–Crippen MR) is 162 cm³/mol. The van der Waals surface area contributed by atoms with Crippen molar-refractivity contribution in [2.24, 2.45) is 0 Å². The minimum Gasteiger partial charge on any atom is -0.444 e. The highest BCUT2D eigenvalue weighted by Crippen LogP contribution is 2.31. The fourth-order valence-corrected chi connectivity index (χ4v) is 5.24. The summed E-state index contributed by atoms with van der Waals surface area (Å²) in [4.78, 5) is 73.2. The Hall–Kier alpha value is -4.87. The number of halogens is 2. The average molecular weight is 642 g/mol. The second-order valence-corrected chi connectivity index (χ2v) is 12.3. The van der Waals surface area contributed by atoms with E-state index >= 15 is 0 Å². The van der Waals surface area contributed by atoms with Crippen LogP contribution in [0.2, 0.25) is 0 Å². The number of aromatic nitrogens is 1. The Morgan fingerprint density at radius 1 is 1.07 bits per heavy atom. The normalized spacial score (nSPS) is 17.8. The molecule has 15 heteroatoms. The number of rotatable bonds is 7. The molecule has 2 aliphatic heterocycles. The molecule has 0 bridgehead atoms. The van der Waals surface area contributed by atoms with Crippen molar-refractivity contribution in [1.82, 2.24) is 25.0 Å². The maximum Gasteiger partial charge on any atom is 0.410 e. The molecule has 2 aromatic rings. The number of hydrogen-bond acceptors (Lipinski definition) is 8. The molecule has 1 N–H and O–H groups in total. The van der Waals surface area contributed by atoms with Crippen LogP contribution >= 0.6 is 0 Å². The van der Waals surface area contributed by atoms with Gasteiger partial charge in [-0.05, 0) is 45.0 Å². The lowest BCUT2D eigenvalue weighted by Gasteiger charge is -2.35. The van der Waals surface area contributed by atoms with Crippen LogP contribution in [-0.4, -0.2) is 113 Å². The monoisotopic (exact) mass is 641 g/mol. The first-order valence-corrected chi connectivity index (χ1v) is 14.8. The molecule has 4 rings (SSSR count). The molecule has 2 fully saturated rings. The van der Waals surface area contributed by atoms with Crippen LogP contribution < -0.4 is 10.2 Å². The first kappa shape index (κ1) is 34.0. The third-order valence-corrected chi connectivity index (χ3v) is 7.71. The van der Waals surface area contributed by atoms with Crippen molar-refractivity contribution >= 4 is 46.3 Å². The number of benzene rings is 1. The van der Waals surface area contributed by atoms with Crippen LogP contribution in [0.5, 0.6) is 0 Å². The number of pyridine rings is 1. The first-order valence-electron chi connectivity index (χ1n) is 14.8. The molecule has 3 heterocycles. The molecule has 2 aliphatic rings. The van der Waals surface area contributed by atoms with Crippen molar-refractivity contribution in [1.29, 1.82) is 5.26 Å². The van der Waals surface area contributed by atoms with E-state index in [4.69, 9.17) is 10.00 Å². The van der Waals surface area contributed by atoms with E-state index in [1.807, 2.05) is 0 Å². The summed E-state index contributed by atoms with van der Waals surface area (Å²) in [5.41, 5.74) is 0.400. The van der Waals surface area contributed by atoms with Crippen LogP contribution in [-0.2, 0) is 19.1 Å². The van der Waals surface area contributed by atoms with Crippen molar-refractivity contribution in [2.75, 3.05) is 51.2 Å². The zero-order chi connectivity index (χ0) is 33.8. The summed E-state index contributed by atoms with van der Waals surface area (Å²) in [6, 6.07) is 6.70. The summed E-state index contributed by atoms with van der Waals surface area (Å²) < 4.78 is 32.9. The molecule has 1 atom stereocenters. The van der Waals surface area contributed by atoms with E-state index in [1.54, 1.807) is 61.9 Å². The van der Waals surface area contributed by atoms with Gasteiger partial charge in [0, 0.05) is 69.8 Å². The number of carbonyl (C=O) groups excluding carboxylic acids is 5. The summed E-state index contributed by atoms with van der Waals surface area (Å²) in [7, 11) is 1.54. The summed E-state index contributed by atoms with van der Waals surface area (Å²) in [5, 5.41) is 12.0. The highest BCUT2D eigenvalue weighted by atomic mass is 19.3. The number of amides is 5. The minimum atomic E-state index is -3.17. The Balaban J connectivity index is 1.33. The molecule has 1 aromatic heterocycles. The van der Waals surface area contributed by atoms with Gasteiger partial charge in [0.1, 0.15) is 11.6 Å². The number of hydrogen-bond donors (Lipinski definition) is 1. The van der Waals surface area contributed by atoms with Crippen LogP contribution in [0.1, 0.15) is 50.4 Å². The molecule has 5 amide bonds. The van der Waals surface area contributed by atoms with Crippen LogP contribution in [0.25, 0.3) is 10.9 Å². The number of nitrogens with zero attached hydrogens (tertiary/aromatic N) is 6. The zero-order valence-corrected chi connectivity index (χ0v) is 26.2. The lowest BCUT2D eigenvalue weighted by Crippen LogP contribution is -2.51. The van der Waals surface area contributed by atoms with Crippen LogP contribution in [0.3, 0.4) is 0 Å². The molecule has 46 heavy (non-hydrogen) atoms. The van der Waals surface area contributed by atoms with Gasteiger partial charge in [0.05, 0.1) is 30.2 Å². The Bertz CT molecular complexity index is 1560. The predicted octanol–water partition coefficient (Wildman–Crippen LogP) is 2.55. The molecule has 2 saturated heterocycles. The van der Waals surface area contributed by atoms with E-state index in [-0.39, 0.29) is 30.2 Å².